The average Bonchev–Trinajstić information content (AvgIpc) is 2.52. The maximum absolute atomic E-state index is 10.5. The molecule has 0 aromatic heterocycles. The molecule has 1 N–H and O–H groups in total. The summed E-state index contributed by atoms with van der Waals surface area (Å²) in [5.74, 6) is 1.16. The van der Waals surface area contributed by atoms with Crippen LogP contribution in [0.5, 0.6) is 11.5 Å². The van der Waals surface area contributed by atoms with E-state index < -0.39 is 0 Å². The van der Waals surface area contributed by atoms with Gasteiger partial charge in [0, 0.05) is 11.8 Å². The number of phenolic OH excluding ortho intramolecular Hbond substituents is 1. The molecule has 0 atom stereocenters. The average molecular weight is 278 g/mol. The molecule has 0 spiro atoms. The minimum Gasteiger partial charge on any atom is -0.507 e. The Kier molecular flexibility index (Phi) is 3.53. The van der Waals surface area contributed by atoms with E-state index in [1.54, 1.807) is 7.11 Å². The van der Waals surface area contributed by atoms with Gasteiger partial charge in [-0.05, 0) is 41.6 Å². The van der Waals surface area contributed by atoms with Crippen LogP contribution >= 0.6 is 0 Å². The lowest BCUT2D eigenvalue weighted by Gasteiger charge is -2.09. The summed E-state index contributed by atoms with van der Waals surface area (Å²) < 4.78 is 5.22. The Labute approximate surface area is 124 Å². The summed E-state index contributed by atoms with van der Waals surface area (Å²) in [6.45, 7) is 2.07. The third-order valence-corrected chi connectivity index (χ3v) is 3.80. The van der Waals surface area contributed by atoms with Crippen molar-refractivity contribution in [3.05, 3.63) is 71.3 Å². The lowest BCUT2D eigenvalue weighted by molar-refractivity contribution is 0.415. The van der Waals surface area contributed by atoms with Gasteiger partial charge in [0.15, 0.2) is 0 Å². The van der Waals surface area contributed by atoms with Gasteiger partial charge < -0.3 is 9.84 Å². The minimum atomic E-state index is 0.357. The molecule has 2 heteroatoms. The van der Waals surface area contributed by atoms with Crippen molar-refractivity contribution in [1.82, 2.24) is 0 Å². The number of fused-ring (bicyclic) bond motifs is 1. The third-order valence-electron chi connectivity index (χ3n) is 3.80. The van der Waals surface area contributed by atoms with Gasteiger partial charge in [-0.15, -0.1) is 0 Å². The number of aromatic hydroxyl groups is 1. The fourth-order valence-electron chi connectivity index (χ4n) is 2.53. The van der Waals surface area contributed by atoms with Crippen molar-refractivity contribution < 1.29 is 9.84 Å². The van der Waals surface area contributed by atoms with Crippen LogP contribution in [0.15, 0.2) is 54.6 Å². The zero-order chi connectivity index (χ0) is 14.8. The summed E-state index contributed by atoms with van der Waals surface area (Å²) in [6, 6.07) is 18.1. The molecule has 0 aliphatic carbocycles. The van der Waals surface area contributed by atoms with Crippen molar-refractivity contribution in [3.8, 4) is 11.5 Å². The second-order valence-electron chi connectivity index (χ2n) is 5.32. The second kappa shape index (κ2) is 5.49. The molecule has 0 heterocycles. The molecule has 0 aliphatic rings. The van der Waals surface area contributed by atoms with Gasteiger partial charge in [-0.2, -0.15) is 0 Å². The highest BCUT2D eigenvalue weighted by molar-refractivity contribution is 5.90. The van der Waals surface area contributed by atoms with E-state index in [1.807, 2.05) is 30.3 Å². The first kappa shape index (κ1) is 13.5. The highest BCUT2D eigenvalue weighted by Crippen LogP contribution is 2.32. The normalized spacial score (nSPS) is 10.8. The highest BCUT2D eigenvalue weighted by Gasteiger charge is 2.08. The molecule has 0 fully saturated rings. The topological polar surface area (TPSA) is 29.5 Å². The molecule has 0 aliphatic heterocycles. The number of ether oxygens (including phenoxy) is 1. The van der Waals surface area contributed by atoms with E-state index in [0.717, 1.165) is 28.5 Å². The molecule has 106 valence electrons. The number of aryl methyl sites for hydroxylation is 1. The summed E-state index contributed by atoms with van der Waals surface area (Å²) in [4.78, 5) is 0. The van der Waals surface area contributed by atoms with Crippen LogP contribution in [0.4, 0.5) is 0 Å². The molecule has 3 aromatic carbocycles. The van der Waals surface area contributed by atoms with Gasteiger partial charge in [0.1, 0.15) is 11.5 Å². The van der Waals surface area contributed by atoms with Gasteiger partial charge in [0.25, 0.3) is 0 Å². The first-order valence-corrected chi connectivity index (χ1v) is 7.01. The van der Waals surface area contributed by atoms with E-state index in [-0.39, 0.29) is 0 Å². The smallest absolute Gasteiger partial charge is 0.126 e. The Morgan fingerprint density at radius 2 is 1.71 bits per heavy atom. The van der Waals surface area contributed by atoms with Gasteiger partial charge in [-0.3, -0.25) is 0 Å². The lowest BCUT2D eigenvalue weighted by atomic mass is 9.99. The highest BCUT2D eigenvalue weighted by atomic mass is 16.5. The minimum absolute atomic E-state index is 0.357. The van der Waals surface area contributed by atoms with E-state index in [2.05, 4.69) is 31.2 Å². The summed E-state index contributed by atoms with van der Waals surface area (Å²) in [5.41, 5.74) is 3.38. The number of rotatable bonds is 3. The van der Waals surface area contributed by atoms with E-state index >= 15 is 0 Å². The molecule has 3 aromatic rings. The maximum Gasteiger partial charge on any atom is 0.126 e. The summed E-state index contributed by atoms with van der Waals surface area (Å²) in [5, 5.41) is 12.3. The van der Waals surface area contributed by atoms with Crippen molar-refractivity contribution in [2.45, 2.75) is 13.3 Å². The fourth-order valence-corrected chi connectivity index (χ4v) is 2.53. The molecular weight excluding hydrogens is 260 g/mol. The zero-order valence-corrected chi connectivity index (χ0v) is 12.3. The maximum atomic E-state index is 10.5. The van der Waals surface area contributed by atoms with Gasteiger partial charge in [0.05, 0.1) is 7.11 Å². The van der Waals surface area contributed by atoms with E-state index in [0.29, 0.717) is 5.75 Å². The first-order valence-electron chi connectivity index (χ1n) is 7.01. The SMILES string of the molecule is COc1ccc2c(O)c(Cc3ccc(C)cc3)ccc2c1. The van der Waals surface area contributed by atoms with Crippen LogP contribution in [-0.2, 0) is 6.42 Å². The Balaban J connectivity index is 1.99. The van der Waals surface area contributed by atoms with E-state index in [4.69, 9.17) is 4.74 Å². The van der Waals surface area contributed by atoms with Crippen LogP contribution in [-0.4, -0.2) is 12.2 Å². The fraction of sp³-hybridized carbons (Fsp3) is 0.158. The molecule has 0 saturated heterocycles. The van der Waals surface area contributed by atoms with E-state index in [1.165, 1.54) is 11.1 Å². The summed E-state index contributed by atoms with van der Waals surface area (Å²) >= 11 is 0. The first-order chi connectivity index (χ1) is 10.2. The molecule has 0 radical (unpaired) electrons. The van der Waals surface area contributed by atoms with Crippen LogP contribution in [0.2, 0.25) is 0 Å². The number of benzene rings is 3. The van der Waals surface area contributed by atoms with Crippen molar-refractivity contribution in [2.24, 2.45) is 0 Å². The Bertz CT molecular complexity index is 773. The van der Waals surface area contributed by atoms with Crippen molar-refractivity contribution >= 4 is 10.8 Å². The molecule has 2 nitrogen and oxygen atoms in total. The van der Waals surface area contributed by atoms with Crippen LogP contribution in [0, 0.1) is 6.92 Å². The zero-order valence-electron chi connectivity index (χ0n) is 12.3. The lowest BCUT2D eigenvalue weighted by Crippen LogP contribution is -1.90. The second-order valence-corrected chi connectivity index (χ2v) is 5.32. The van der Waals surface area contributed by atoms with Crippen molar-refractivity contribution in [1.29, 1.82) is 0 Å². The monoisotopic (exact) mass is 278 g/mol. The Morgan fingerprint density at radius 1 is 0.952 bits per heavy atom. The predicted octanol–water partition coefficient (Wildman–Crippen LogP) is 4.45. The summed E-state index contributed by atoms with van der Waals surface area (Å²) in [7, 11) is 1.65. The third kappa shape index (κ3) is 2.70. The van der Waals surface area contributed by atoms with Crippen LogP contribution in [0.1, 0.15) is 16.7 Å². The van der Waals surface area contributed by atoms with Gasteiger partial charge >= 0.3 is 0 Å². The molecule has 3 rings (SSSR count). The van der Waals surface area contributed by atoms with Crippen LogP contribution in [0.3, 0.4) is 0 Å². The molecule has 0 unspecified atom stereocenters. The summed E-state index contributed by atoms with van der Waals surface area (Å²) in [6.07, 6.45) is 0.730. The van der Waals surface area contributed by atoms with Crippen molar-refractivity contribution in [3.63, 3.8) is 0 Å². The number of hydrogen-bond donors (Lipinski definition) is 1. The van der Waals surface area contributed by atoms with E-state index in [9.17, 15) is 5.11 Å². The number of hydrogen-bond acceptors (Lipinski definition) is 2. The standard InChI is InChI=1S/C19H18O2/c1-13-3-5-14(6-4-13)11-16-8-7-15-12-17(21-2)9-10-18(15)19(16)20/h3-10,12,20H,11H2,1-2H3. The number of phenols is 1. The quantitative estimate of drug-likeness (QED) is 0.766. The Hall–Kier alpha value is -2.48. The van der Waals surface area contributed by atoms with Gasteiger partial charge in [0.2, 0.25) is 0 Å². The largest absolute Gasteiger partial charge is 0.507 e. The number of methoxy groups -OCH3 is 1. The van der Waals surface area contributed by atoms with Crippen LogP contribution in [0.25, 0.3) is 10.8 Å². The molecule has 0 saturated carbocycles. The molecule has 21 heavy (non-hydrogen) atoms. The van der Waals surface area contributed by atoms with Gasteiger partial charge in [-0.1, -0.05) is 42.0 Å². The van der Waals surface area contributed by atoms with Crippen molar-refractivity contribution in [2.75, 3.05) is 7.11 Å². The van der Waals surface area contributed by atoms with Gasteiger partial charge in [-0.25, -0.2) is 0 Å². The molecule has 0 amide bonds. The predicted molar refractivity (Wildman–Crippen MR) is 86.1 cm³/mol. The molecular formula is C19H18O2. The molecule has 0 bridgehead atoms. The Morgan fingerprint density at radius 3 is 2.43 bits per heavy atom. The van der Waals surface area contributed by atoms with Crippen LogP contribution < -0.4 is 4.74 Å².